The minimum Gasteiger partial charge on any atom is -0.366 e. The van der Waals surface area contributed by atoms with Crippen LogP contribution in [0.3, 0.4) is 0 Å². The molecular weight excluding hydrogens is 534 g/mol. The van der Waals surface area contributed by atoms with Crippen molar-refractivity contribution in [2.24, 2.45) is 0 Å². The van der Waals surface area contributed by atoms with Gasteiger partial charge in [0.1, 0.15) is 0 Å². The van der Waals surface area contributed by atoms with Crippen LogP contribution in [0.5, 0.6) is 0 Å². The summed E-state index contributed by atoms with van der Waals surface area (Å²) in [4.78, 5) is 21.2. The van der Waals surface area contributed by atoms with Crippen molar-refractivity contribution >= 4 is 49.8 Å². The van der Waals surface area contributed by atoms with Crippen LogP contribution in [0.4, 0.5) is 11.4 Å². The molecule has 0 aliphatic carbocycles. The van der Waals surface area contributed by atoms with E-state index in [0.717, 1.165) is 34.1 Å². The van der Waals surface area contributed by atoms with Crippen LogP contribution in [0.2, 0.25) is 5.02 Å². The van der Waals surface area contributed by atoms with E-state index in [0.29, 0.717) is 49.9 Å². The Balaban J connectivity index is 1.28. The summed E-state index contributed by atoms with van der Waals surface area (Å²) < 4.78 is 26.3. The van der Waals surface area contributed by atoms with Crippen LogP contribution in [-0.2, 0) is 27.8 Å². The first-order valence-corrected chi connectivity index (χ1v) is 15.2. The Labute approximate surface area is 234 Å². The fourth-order valence-corrected chi connectivity index (χ4v) is 5.69. The predicted octanol–water partition coefficient (Wildman–Crippen LogP) is 4.24. The molecule has 3 N–H and O–H groups in total. The molecule has 10 heteroatoms. The van der Waals surface area contributed by atoms with Crippen molar-refractivity contribution < 1.29 is 13.2 Å². The third-order valence-electron chi connectivity index (χ3n) is 6.91. The highest BCUT2D eigenvalue weighted by Crippen LogP contribution is 2.27. The lowest BCUT2D eigenvalue weighted by Crippen LogP contribution is -2.54. The van der Waals surface area contributed by atoms with Gasteiger partial charge in [0.25, 0.3) is 0 Å². The lowest BCUT2D eigenvalue weighted by molar-refractivity contribution is -0.133. The van der Waals surface area contributed by atoms with Gasteiger partial charge in [-0.1, -0.05) is 54.1 Å². The molecule has 0 bridgehead atoms. The second-order valence-electron chi connectivity index (χ2n) is 9.85. The molecule has 2 heterocycles. The standard InChI is InChI=1S/C29H32ClN5O3S/c1-39(37,38)33-26-8-4-5-9-28(26)34-14-16-35(17-15-34)29(36)27(18-21-10-12-23(30)13-11-21)31-20-24-19-22-6-2-3-7-25(22)32-24/h2-13,19,27,31-33H,14-18,20H2,1H3. The summed E-state index contributed by atoms with van der Waals surface area (Å²) >= 11 is 6.09. The molecule has 1 atom stereocenters. The van der Waals surface area contributed by atoms with Gasteiger partial charge in [-0.2, -0.15) is 0 Å². The number of carbonyl (C=O) groups is 1. The predicted molar refractivity (Wildman–Crippen MR) is 158 cm³/mol. The molecule has 0 saturated carbocycles. The highest BCUT2D eigenvalue weighted by Gasteiger charge is 2.28. The van der Waals surface area contributed by atoms with Crippen molar-refractivity contribution in [2.45, 2.75) is 19.0 Å². The summed E-state index contributed by atoms with van der Waals surface area (Å²) in [5.74, 6) is 0.0447. The van der Waals surface area contributed by atoms with Crippen LogP contribution in [-0.4, -0.2) is 62.7 Å². The van der Waals surface area contributed by atoms with E-state index in [1.54, 1.807) is 12.1 Å². The Morgan fingerprint density at radius 3 is 2.38 bits per heavy atom. The molecule has 3 aromatic carbocycles. The van der Waals surface area contributed by atoms with Crippen LogP contribution < -0.4 is 14.9 Å². The van der Waals surface area contributed by atoms with Gasteiger partial charge in [-0.15, -0.1) is 0 Å². The molecule has 39 heavy (non-hydrogen) atoms. The van der Waals surface area contributed by atoms with Gasteiger partial charge >= 0.3 is 0 Å². The second-order valence-corrected chi connectivity index (χ2v) is 12.0. The lowest BCUT2D eigenvalue weighted by atomic mass is 10.0. The number of rotatable bonds is 9. The van der Waals surface area contributed by atoms with E-state index < -0.39 is 16.1 Å². The van der Waals surface area contributed by atoms with Crippen molar-refractivity contribution in [3.05, 3.63) is 95.1 Å². The molecule has 1 aromatic heterocycles. The number of fused-ring (bicyclic) bond motifs is 1. The zero-order chi connectivity index (χ0) is 27.4. The molecule has 1 aliphatic rings. The third-order valence-corrected chi connectivity index (χ3v) is 7.75. The van der Waals surface area contributed by atoms with Gasteiger partial charge < -0.3 is 14.8 Å². The number of hydrogen-bond donors (Lipinski definition) is 3. The summed E-state index contributed by atoms with van der Waals surface area (Å²) in [7, 11) is -3.40. The molecule has 1 aliphatic heterocycles. The van der Waals surface area contributed by atoms with Gasteiger partial charge in [0.2, 0.25) is 15.9 Å². The first-order chi connectivity index (χ1) is 18.7. The molecule has 0 radical (unpaired) electrons. The van der Waals surface area contributed by atoms with Crippen LogP contribution in [0.1, 0.15) is 11.3 Å². The highest BCUT2D eigenvalue weighted by molar-refractivity contribution is 7.92. The maximum atomic E-state index is 13.8. The minimum absolute atomic E-state index is 0.0447. The van der Waals surface area contributed by atoms with Gasteiger partial charge in [-0.05, 0) is 53.8 Å². The van der Waals surface area contributed by atoms with E-state index in [9.17, 15) is 13.2 Å². The number of carbonyl (C=O) groups excluding carboxylic acids is 1. The van der Waals surface area contributed by atoms with E-state index in [-0.39, 0.29) is 5.91 Å². The van der Waals surface area contributed by atoms with Gasteiger partial charge in [0, 0.05) is 49.0 Å². The molecule has 1 saturated heterocycles. The second kappa shape index (κ2) is 11.7. The molecule has 8 nitrogen and oxygen atoms in total. The van der Waals surface area contributed by atoms with Crippen molar-refractivity contribution in [3.63, 3.8) is 0 Å². The number of aromatic nitrogens is 1. The number of benzene rings is 3. The topological polar surface area (TPSA) is 97.5 Å². The fourth-order valence-electron chi connectivity index (χ4n) is 4.99. The minimum atomic E-state index is -3.40. The molecular formula is C29H32ClN5O3S. The van der Waals surface area contributed by atoms with Crippen LogP contribution in [0.15, 0.2) is 78.9 Å². The number of para-hydroxylation sites is 3. The van der Waals surface area contributed by atoms with E-state index in [1.165, 1.54) is 0 Å². The average molecular weight is 566 g/mol. The van der Waals surface area contributed by atoms with Crippen molar-refractivity contribution in [2.75, 3.05) is 42.1 Å². The Morgan fingerprint density at radius 1 is 0.974 bits per heavy atom. The van der Waals surface area contributed by atoms with Crippen molar-refractivity contribution in [1.29, 1.82) is 0 Å². The molecule has 5 rings (SSSR count). The molecule has 1 amide bonds. The molecule has 204 valence electrons. The van der Waals surface area contributed by atoms with Crippen LogP contribution in [0, 0.1) is 0 Å². The largest absolute Gasteiger partial charge is 0.366 e. The number of amides is 1. The smallest absolute Gasteiger partial charge is 0.240 e. The van der Waals surface area contributed by atoms with Crippen molar-refractivity contribution in [3.8, 4) is 0 Å². The van der Waals surface area contributed by atoms with E-state index in [4.69, 9.17) is 11.6 Å². The summed E-state index contributed by atoms with van der Waals surface area (Å²) in [6, 6.07) is 24.7. The number of piperazine rings is 1. The van der Waals surface area contributed by atoms with Gasteiger partial charge in [-0.25, -0.2) is 8.42 Å². The Morgan fingerprint density at radius 2 is 1.67 bits per heavy atom. The van der Waals surface area contributed by atoms with E-state index >= 15 is 0 Å². The van der Waals surface area contributed by atoms with Crippen LogP contribution in [0.25, 0.3) is 10.9 Å². The number of nitrogens with zero attached hydrogens (tertiary/aromatic N) is 2. The summed E-state index contributed by atoms with van der Waals surface area (Å²) in [6.07, 6.45) is 1.68. The zero-order valence-electron chi connectivity index (χ0n) is 21.7. The third kappa shape index (κ3) is 6.92. The maximum Gasteiger partial charge on any atom is 0.240 e. The summed E-state index contributed by atoms with van der Waals surface area (Å²) in [5, 5.41) is 5.29. The molecule has 0 spiro atoms. The monoisotopic (exact) mass is 565 g/mol. The number of hydrogen-bond acceptors (Lipinski definition) is 5. The first-order valence-electron chi connectivity index (χ1n) is 12.9. The Hall–Kier alpha value is -3.53. The highest BCUT2D eigenvalue weighted by atomic mass is 35.5. The lowest BCUT2D eigenvalue weighted by Gasteiger charge is -2.38. The summed E-state index contributed by atoms with van der Waals surface area (Å²) in [5.41, 5.74) is 4.47. The number of anilines is 2. The van der Waals surface area contributed by atoms with E-state index in [2.05, 4.69) is 32.1 Å². The SMILES string of the molecule is CS(=O)(=O)Nc1ccccc1N1CCN(C(=O)C(Cc2ccc(Cl)cc2)NCc2cc3ccccc3[nH]2)CC1. The Kier molecular flexibility index (Phi) is 8.11. The van der Waals surface area contributed by atoms with Crippen LogP contribution >= 0.6 is 11.6 Å². The zero-order valence-corrected chi connectivity index (χ0v) is 23.3. The normalized spacial score (nSPS) is 14.9. The number of aromatic amines is 1. The van der Waals surface area contributed by atoms with Gasteiger partial charge in [0.05, 0.1) is 23.7 Å². The van der Waals surface area contributed by atoms with Crippen molar-refractivity contribution in [1.82, 2.24) is 15.2 Å². The number of nitrogens with one attached hydrogen (secondary N) is 3. The molecule has 1 unspecified atom stereocenters. The Bertz CT molecular complexity index is 1510. The van der Waals surface area contributed by atoms with Gasteiger partial charge in [-0.3, -0.25) is 14.8 Å². The number of H-pyrrole nitrogens is 1. The quantitative estimate of drug-likeness (QED) is 0.282. The van der Waals surface area contributed by atoms with Gasteiger partial charge in [0.15, 0.2) is 0 Å². The van der Waals surface area contributed by atoms with E-state index in [1.807, 2.05) is 59.5 Å². The average Bonchev–Trinajstić information content (AvgIpc) is 3.34. The number of sulfonamides is 1. The summed E-state index contributed by atoms with van der Waals surface area (Å²) in [6.45, 7) is 2.81. The maximum absolute atomic E-state index is 13.8. The first kappa shape index (κ1) is 27.1. The molecule has 1 fully saturated rings. The number of halogens is 1. The molecule has 4 aromatic rings. The fraction of sp³-hybridized carbons (Fsp3) is 0.276.